The van der Waals surface area contributed by atoms with Crippen molar-refractivity contribution in [2.24, 2.45) is 0 Å². The molecular formula is C9H9F2N5. The number of nitrogens with one attached hydrogen (secondary N) is 1. The molecule has 3 rings (SSSR count). The number of rotatable bonds is 1. The van der Waals surface area contributed by atoms with Crippen LogP contribution in [0.25, 0.3) is 5.78 Å². The Hall–Kier alpha value is -1.63. The van der Waals surface area contributed by atoms with E-state index in [2.05, 4.69) is 20.4 Å². The van der Waals surface area contributed by atoms with Crippen molar-refractivity contribution in [2.45, 2.75) is 19.4 Å². The molecule has 2 aromatic heterocycles. The van der Waals surface area contributed by atoms with E-state index in [1.807, 2.05) is 0 Å². The van der Waals surface area contributed by atoms with Gasteiger partial charge in [-0.2, -0.15) is 4.98 Å². The van der Waals surface area contributed by atoms with Gasteiger partial charge in [0.05, 0.1) is 5.69 Å². The van der Waals surface area contributed by atoms with Gasteiger partial charge in [0.1, 0.15) is 0 Å². The second-order valence-corrected chi connectivity index (χ2v) is 3.64. The topological polar surface area (TPSA) is 55.1 Å². The van der Waals surface area contributed by atoms with Gasteiger partial charge in [0, 0.05) is 31.3 Å². The summed E-state index contributed by atoms with van der Waals surface area (Å²) < 4.78 is 26.3. The summed E-state index contributed by atoms with van der Waals surface area (Å²) in [6.45, 7) is 1.51. The van der Waals surface area contributed by atoms with Gasteiger partial charge in [-0.3, -0.25) is 0 Å². The Morgan fingerprint density at radius 3 is 3.12 bits per heavy atom. The monoisotopic (exact) mass is 225 g/mol. The van der Waals surface area contributed by atoms with Gasteiger partial charge in [-0.15, -0.1) is 5.10 Å². The highest BCUT2D eigenvalue weighted by Gasteiger charge is 2.19. The standard InChI is InChI=1S/C9H9F2N5/c10-7(11)8-14-9-13-4-5-3-12-2-1-6(5)16(9)15-8/h4,7,12H,1-3H2. The van der Waals surface area contributed by atoms with Crippen LogP contribution in [-0.4, -0.2) is 26.1 Å². The average molecular weight is 225 g/mol. The molecule has 0 spiro atoms. The van der Waals surface area contributed by atoms with Gasteiger partial charge in [0.2, 0.25) is 5.82 Å². The summed E-state index contributed by atoms with van der Waals surface area (Å²) in [4.78, 5) is 7.70. The summed E-state index contributed by atoms with van der Waals surface area (Å²) in [7, 11) is 0. The van der Waals surface area contributed by atoms with Crippen LogP contribution in [0.3, 0.4) is 0 Å². The molecule has 0 radical (unpaired) electrons. The van der Waals surface area contributed by atoms with Gasteiger partial charge in [0.15, 0.2) is 0 Å². The lowest BCUT2D eigenvalue weighted by Crippen LogP contribution is -2.26. The summed E-state index contributed by atoms with van der Waals surface area (Å²) >= 11 is 0. The predicted octanol–water partition coefficient (Wildman–Crippen LogP) is 0.708. The van der Waals surface area contributed by atoms with E-state index in [1.165, 1.54) is 4.52 Å². The van der Waals surface area contributed by atoms with Crippen LogP contribution >= 0.6 is 0 Å². The van der Waals surface area contributed by atoms with Gasteiger partial charge >= 0.3 is 0 Å². The van der Waals surface area contributed by atoms with E-state index in [1.54, 1.807) is 6.20 Å². The molecule has 5 nitrogen and oxygen atoms in total. The Bertz CT molecular complexity index is 536. The molecule has 0 saturated heterocycles. The second-order valence-electron chi connectivity index (χ2n) is 3.64. The average Bonchev–Trinajstić information content (AvgIpc) is 2.73. The first-order chi connectivity index (χ1) is 7.75. The maximum atomic E-state index is 12.5. The molecule has 0 amide bonds. The van der Waals surface area contributed by atoms with Gasteiger partial charge in [-0.1, -0.05) is 0 Å². The molecule has 7 heteroatoms. The number of fused-ring (bicyclic) bond motifs is 3. The number of nitrogens with zero attached hydrogens (tertiary/aromatic N) is 4. The summed E-state index contributed by atoms with van der Waals surface area (Å²) in [6, 6.07) is 0. The summed E-state index contributed by atoms with van der Waals surface area (Å²) in [5.41, 5.74) is 1.91. The van der Waals surface area contributed by atoms with E-state index in [0.29, 0.717) is 6.54 Å². The zero-order valence-electron chi connectivity index (χ0n) is 8.32. The van der Waals surface area contributed by atoms with Crippen LogP contribution in [0.1, 0.15) is 23.5 Å². The molecule has 1 aliphatic heterocycles. The lowest BCUT2D eigenvalue weighted by Gasteiger charge is -2.16. The van der Waals surface area contributed by atoms with Gasteiger partial charge in [-0.25, -0.2) is 18.3 Å². The van der Waals surface area contributed by atoms with Crippen LogP contribution in [0, 0.1) is 0 Å². The Balaban J connectivity index is 2.22. The molecule has 16 heavy (non-hydrogen) atoms. The summed E-state index contributed by atoms with van der Waals surface area (Å²) in [6.07, 6.45) is -0.236. The van der Waals surface area contributed by atoms with Crippen molar-refractivity contribution in [1.29, 1.82) is 0 Å². The molecule has 0 fully saturated rings. The molecule has 0 bridgehead atoms. The normalized spacial score (nSPS) is 15.7. The molecule has 0 aliphatic carbocycles. The van der Waals surface area contributed by atoms with Crippen molar-refractivity contribution in [3.05, 3.63) is 23.3 Å². The van der Waals surface area contributed by atoms with Crippen molar-refractivity contribution in [1.82, 2.24) is 24.9 Å². The van der Waals surface area contributed by atoms with Crippen LogP contribution in [-0.2, 0) is 13.0 Å². The third-order valence-electron chi connectivity index (χ3n) is 2.62. The zero-order chi connectivity index (χ0) is 11.1. The maximum absolute atomic E-state index is 12.5. The number of hydrogen-bond acceptors (Lipinski definition) is 4. The van der Waals surface area contributed by atoms with E-state index >= 15 is 0 Å². The largest absolute Gasteiger partial charge is 0.312 e. The fourth-order valence-electron chi connectivity index (χ4n) is 1.87. The number of aromatic nitrogens is 4. The predicted molar refractivity (Wildman–Crippen MR) is 51.1 cm³/mol. The molecule has 1 aliphatic rings. The minimum Gasteiger partial charge on any atom is -0.312 e. The van der Waals surface area contributed by atoms with E-state index in [0.717, 1.165) is 24.2 Å². The number of halogens is 2. The highest BCUT2D eigenvalue weighted by Crippen LogP contribution is 2.18. The van der Waals surface area contributed by atoms with Gasteiger partial charge < -0.3 is 5.32 Å². The minimum atomic E-state index is -2.65. The molecule has 1 N–H and O–H groups in total. The Labute approximate surface area is 89.5 Å². The minimum absolute atomic E-state index is 0.246. The molecule has 0 unspecified atom stereocenters. The fraction of sp³-hybridized carbons (Fsp3) is 0.444. The summed E-state index contributed by atoms with van der Waals surface area (Å²) in [5, 5.41) is 6.98. The number of hydrogen-bond donors (Lipinski definition) is 1. The lowest BCUT2D eigenvalue weighted by atomic mass is 10.1. The highest BCUT2D eigenvalue weighted by atomic mass is 19.3. The van der Waals surface area contributed by atoms with E-state index < -0.39 is 12.2 Å². The van der Waals surface area contributed by atoms with Crippen LogP contribution < -0.4 is 5.32 Å². The Kier molecular flexibility index (Phi) is 2.06. The molecule has 0 atom stereocenters. The third-order valence-corrected chi connectivity index (χ3v) is 2.62. The zero-order valence-corrected chi connectivity index (χ0v) is 8.32. The molecule has 2 aromatic rings. The van der Waals surface area contributed by atoms with Crippen molar-refractivity contribution in [3.63, 3.8) is 0 Å². The van der Waals surface area contributed by atoms with Crippen LogP contribution in [0.4, 0.5) is 8.78 Å². The first-order valence-electron chi connectivity index (χ1n) is 4.98. The number of alkyl halides is 2. The SMILES string of the molecule is FC(F)c1nc2ncc3c(n2n1)CCNC3. The van der Waals surface area contributed by atoms with Crippen LogP contribution in [0.2, 0.25) is 0 Å². The third kappa shape index (κ3) is 1.35. The van der Waals surface area contributed by atoms with Crippen molar-refractivity contribution >= 4 is 5.78 Å². The molecule has 3 heterocycles. The van der Waals surface area contributed by atoms with Gasteiger partial charge in [-0.05, 0) is 0 Å². The first kappa shape index (κ1) is 9.59. The van der Waals surface area contributed by atoms with Crippen molar-refractivity contribution in [2.75, 3.05) is 6.54 Å². The quantitative estimate of drug-likeness (QED) is 0.776. The van der Waals surface area contributed by atoms with E-state index in [9.17, 15) is 8.78 Å². The molecule has 0 saturated carbocycles. The maximum Gasteiger partial charge on any atom is 0.299 e. The van der Waals surface area contributed by atoms with Gasteiger partial charge in [0.25, 0.3) is 12.2 Å². The molecule has 84 valence electrons. The fourth-order valence-corrected chi connectivity index (χ4v) is 1.87. The lowest BCUT2D eigenvalue weighted by molar-refractivity contribution is 0.140. The van der Waals surface area contributed by atoms with Crippen molar-refractivity contribution in [3.8, 4) is 0 Å². The summed E-state index contributed by atoms with van der Waals surface area (Å²) in [5.74, 6) is -0.213. The smallest absolute Gasteiger partial charge is 0.299 e. The second kappa shape index (κ2) is 3.44. The highest BCUT2D eigenvalue weighted by molar-refractivity contribution is 5.34. The van der Waals surface area contributed by atoms with Crippen LogP contribution in [0.5, 0.6) is 0 Å². The van der Waals surface area contributed by atoms with Crippen LogP contribution in [0.15, 0.2) is 6.20 Å². The molecular weight excluding hydrogens is 216 g/mol. The van der Waals surface area contributed by atoms with E-state index in [4.69, 9.17) is 0 Å². The molecule has 0 aromatic carbocycles. The Morgan fingerprint density at radius 1 is 1.44 bits per heavy atom. The van der Waals surface area contributed by atoms with Crippen molar-refractivity contribution < 1.29 is 8.78 Å². The Morgan fingerprint density at radius 2 is 2.31 bits per heavy atom. The first-order valence-corrected chi connectivity index (χ1v) is 4.98. The van der Waals surface area contributed by atoms with E-state index in [-0.39, 0.29) is 5.78 Å².